The predicted molar refractivity (Wildman–Crippen MR) is 85.9 cm³/mol. The van der Waals surface area contributed by atoms with E-state index in [2.05, 4.69) is 26.3 Å². The first-order chi connectivity index (χ1) is 10.1. The van der Waals surface area contributed by atoms with Gasteiger partial charge in [-0.05, 0) is 23.8 Å². The highest BCUT2D eigenvalue weighted by Crippen LogP contribution is 2.33. The normalized spacial score (nSPS) is 10.7. The van der Waals surface area contributed by atoms with Gasteiger partial charge in [0.25, 0.3) is 0 Å². The van der Waals surface area contributed by atoms with Crippen LogP contribution in [0.4, 0.5) is 0 Å². The molecule has 2 aromatic rings. The number of aryl methyl sites for hydroxylation is 1. The Balaban J connectivity index is 1.90. The summed E-state index contributed by atoms with van der Waals surface area (Å²) < 4.78 is 13.4. The first-order valence-corrected chi connectivity index (χ1v) is 7.53. The van der Waals surface area contributed by atoms with Gasteiger partial charge in [-0.3, -0.25) is 4.68 Å². The van der Waals surface area contributed by atoms with Crippen molar-refractivity contribution in [3.8, 4) is 11.5 Å². The number of hydrogen-bond donors (Lipinski definition) is 1. The van der Waals surface area contributed by atoms with Crippen LogP contribution in [-0.4, -0.2) is 30.5 Å². The molecule has 0 saturated carbocycles. The molecule has 0 radical (unpaired) electrons. The van der Waals surface area contributed by atoms with Crippen LogP contribution in [0.2, 0.25) is 0 Å². The molecule has 114 valence electrons. The number of nitrogens with zero attached hydrogens (tertiary/aromatic N) is 2. The molecular formula is C15H20BrN3O2. The zero-order valence-electron chi connectivity index (χ0n) is 12.5. The zero-order chi connectivity index (χ0) is 15.2. The van der Waals surface area contributed by atoms with Crippen molar-refractivity contribution in [3.05, 3.63) is 40.1 Å². The Bertz CT molecular complexity index is 599. The van der Waals surface area contributed by atoms with Gasteiger partial charge >= 0.3 is 0 Å². The second-order valence-corrected chi connectivity index (χ2v) is 5.56. The van der Waals surface area contributed by atoms with Crippen molar-refractivity contribution in [2.45, 2.75) is 13.0 Å². The molecule has 0 aliphatic carbocycles. The molecule has 1 heterocycles. The minimum absolute atomic E-state index is 0.724. The fraction of sp³-hybridized carbons (Fsp3) is 0.400. The van der Waals surface area contributed by atoms with E-state index in [0.717, 1.165) is 46.7 Å². The van der Waals surface area contributed by atoms with Gasteiger partial charge < -0.3 is 14.8 Å². The maximum Gasteiger partial charge on any atom is 0.161 e. The van der Waals surface area contributed by atoms with Gasteiger partial charge in [-0.1, -0.05) is 15.9 Å². The highest BCUT2D eigenvalue weighted by molar-refractivity contribution is 9.10. The molecule has 0 aliphatic rings. The molecule has 1 aromatic heterocycles. The monoisotopic (exact) mass is 353 g/mol. The molecule has 21 heavy (non-hydrogen) atoms. The second kappa shape index (κ2) is 7.47. The van der Waals surface area contributed by atoms with E-state index < -0.39 is 0 Å². The molecule has 5 nitrogen and oxygen atoms in total. The molecule has 2 rings (SSSR count). The summed E-state index contributed by atoms with van der Waals surface area (Å²) >= 11 is 3.56. The van der Waals surface area contributed by atoms with Crippen molar-refractivity contribution in [3.63, 3.8) is 0 Å². The topological polar surface area (TPSA) is 48.3 Å². The Hall–Kier alpha value is -1.53. The summed E-state index contributed by atoms with van der Waals surface area (Å²) in [6.07, 6.45) is 2.87. The molecule has 0 spiro atoms. The third kappa shape index (κ3) is 4.22. The summed E-state index contributed by atoms with van der Waals surface area (Å²) in [5.74, 6) is 1.46. The maximum atomic E-state index is 5.32. The van der Waals surface area contributed by atoms with Crippen LogP contribution in [-0.2, 0) is 20.0 Å². The fourth-order valence-electron chi connectivity index (χ4n) is 2.07. The highest BCUT2D eigenvalue weighted by atomic mass is 79.9. The number of halogens is 1. The summed E-state index contributed by atoms with van der Waals surface area (Å²) in [6.45, 7) is 1.63. The molecule has 0 saturated heterocycles. The van der Waals surface area contributed by atoms with Crippen LogP contribution in [0.25, 0.3) is 0 Å². The molecule has 0 bridgehead atoms. The summed E-state index contributed by atoms with van der Waals surface area (Å²) in [4.78, 5) is 0. The van der Waals surface area contributed by atoms with E-state index in [9.17, 15) is 0 Å². The molecule has 1 aromatic carbocycles. The van der Waals surface area contributed by atoms with E-state index in [0.29, 0.717) is 0 Å². The Morgan fingerprint density at radius 1 is 1.24 bits per heavy atom. The molecule has 0 aliphatic heterocycles. The Morgan fingerprint density at radius 3 is 2.57 bits per heavy atom. The minimum Gasteiger partial charge on any atom is -0.493 e. The van der Waals surface area contributed by atoms with Crippen molar-refractivity contribution < 1.29 is 9.47 Å². The van der Waals surface area contributed by atoms with Crippen molar-refractivity contribution in [2.75, 3.05) is 20.8 Å². The lowest BCUT2D eigenvalue weighted by molar-refractivity contribution is 0.354. The standard InChI is InChI=1S/C15H20BrN3O2/c1-19-7-5-12(18-19)4-6-17-10-11-8-14(20-2)15(21-3)9-13(11)16/h5,7-9,17H,4,6,10H2,1-3H3. The molecule has 1 N–H and O–H groups in total. The molecule has 0 unspecified atom stereocenters. The quantitative estimate of drug-likeness (QED) is 0.777. The van der Waals surface area contributed by atoms with Crippen LogP contribution in [0.15, 0.2) is 28.9 Å². The fourth-order valence-corrected chi connectivity index (χ4v) is 2.53. The number of ether oxygens (including phenoxy) is 2. The Kier molecular flexibility index (Phi) is 5.64. The molecule has 0 fully saturated rings. The van der Waals surface area contributed by atoms with Crippen LogP contribution >= 0.6 is 15.9 Å². The Labute approximate surface area is 133 Å². The Morgan fingerprint density at radius 2 is 1.95 bits per heavy atom. The first kappa shape index (κ1) is 15.9. The van der Waals surface area contributed by atoms with E-state index in [4.69, 9.17) is 9.47 Å². The largest absolute Gasteiger partial charge is 0.493 e. The summed E-state index contributed by atoms with van der Waals surface area (Å²) in [5.41, 5.74) is 2.23. The van der Waals surface area contributed by atoms with Gasteiger partial charge in [-0.25, -0.2) is 0 Å². The van der Waals surface area contributed by atoms with Gasteiger partial charge in [0.15, 0.2) is 11.5 Å². The van der Waals surface area contributed by atoms with E-state index in [1.807, 2.05) is 36.1 Å². The van der Waals surface area contributed by atoms with Crippen LogP contribution in [0.5, 0.6) is 11.5 Å². The third-order valence-corrected chi connectivity index (χ3v) is 3.93. The number of methoxy groups -OCH3 is 2. The number of hydrogen-bond acceptors (Lipinski definition) is 4. The van der Waals surface area contributed by atoms with Crippen molar-refractivity contribution in [2.24, 2.45) is 7.05 Å². The smallest absolute Gasteiger partial charge is 0.161 e. The zero-order valence-corrected chi connectivity index (χ0v) is 14.1. The summed E-state index contributed by atoms with van der Waals surface area (Å²) in [6, 6.07) is 5.94. The van der Waals surface area contributed by atoms with Gasteiger partial charge in [0, 0.05) is 37.2 Å². The number of rotatable bonds is 7. The average molecular weight is 354 g/mol. The van der Waals surface area contributed by atoms with Crippen molar-refractivity contribution in [1.29, 1.82) is 0 Å². The van der Waals surface area contributed by atoms with Gasteiger partial charge in [-0.15, -0.1) is 0 Å². The van der Waals surface area contributed by atoms with Crippen LogP contribution in [0.1, 0.15) is 11.3 Å². The summed E-state index contributed by atoms with van der Waals surface area (Å²) in [5, 5.41) is 7.77. The highest BCUT2D eigenvalue weighted by Gasteiger charge is 2.09. The molecule has 0 amide bonds. The molecule has 0 atom stereocenters. The van der Waals surface area contributed by atoms with Gasteiger partial charge in [0.1, 0.15) is 0 Å². The molecular weight excluding hydrogens is 334 g/mol. The van der Waals surface area contributed by atoms with Crippen molar-refractivity contribution >= 4 is 15.9 Å². The maximum absolute atomic E-state index is 5.32. The predicted octanol–water partition coefficient (Wildman–Crippen LogP) is 2.53. The second-order valence-electron chi connectivity index (χ2n) is 4.71. The number of benzene rings is 1. The third-order valence-electron chi connectivity index (χ3n) is 3.19. The van der Waals surface area contributed by atoms with Gasteiger partial charge in [0.05, 0.1) is 19.9 Å². The van der Waals surface area contributed by atoms with Gasteiger partial charge in [-0.2, -0.15) is 5.10 Å². The lowest BCUT2D eigenvalue weighted by atomic mass is 10.2. The lowest BCUT2D eigenvalue weighted by Crippen LogP contribution is -2.17. The lowest BCUT2D eigenvalue weighted by Gasteiger charge is -2.12. The van der Waals surface area contributed by atoms with Crippen LogP contribution in [0, 0.1) is 0 Å². The van der Waals surface area contributed by atoms with Crippen molar-refractivity contribution in [1.82, 2.24) is 15.1 Å². The van der Waals surface area contributed by atoms with Crippen LogP contribution in [0.3, 0.4) is 0 Å². The summed E-state index contributed by atoms with van der Waals surface area (Å²) in [7, 11) is 5.21. The van der Waals surface area contributed by atoms with Crippen LogP contribution < -0.4 is 14.8 Å². The van der Waals surface area contributed by atoms with E-state index >= 15 is 0 Å². The van der Waals surface area contributed by atoms with E-state index in [-0.39, 0.29) is 0 Å². The van der Waals surface area contributed by atoms with Gasteiger partial charge in [0.2, 0.25) is 0 Å². The minimum atomic E-state index is 0.724. The van der Waals surface area contributed by atoms with E-state index in [1.165, 1.54) is 0 Å². The van der Waals surface area contributed by atoms with E-state index in [1.54, 1.807) is 14.2 Å². The number of nitrogens with one attached hydrogen (secondary N) is 1. The SMILES string of the molecule is COc1cc(Br)c(CNCCc2ccn(C)n2)cc1OC. The first-order valence-electron chi connectivity index (χ1n) is 6.73. The number of aromatic nitrogens is 2. The average Bonchev–Trinajstić information content (AvgIpc) is 2.90. The molecule has 6 heteroatoms.